The van der Waals surface area contributed by atoms with Gasteiger partial charge < -0.3 is 20.5 Å². The molecular formula is C16H26BN3O2. The summed E-state index contributed by atoms with van der Waals surface area (Å²) in [4.78, 5) is 4.29. The average Bonchev–Trinajstić information content (AvgIpc) is 2.46. The normalized spacial score (nSPS) is 14.4. The van der Waals surface area contributed by atoms with Crippen molar-refractivity contribution in [3.05, 3.63) is 41.8 Å². The van der Waals surface area contributed by atoms with Crippen LogP contribution in [0, 0.1) is 5.41 Å². The van der Waals surface area contributed by atoms with Gasteiger partial charge in [0.25, 0.3) is 0 Å². The first-order valence-corrected chi connectivity index (χ1v) is 7.40. The maximum Gasteiger partial charge on any atom is 0.312 e. The third-order valence-electron chi connectivity index (χ3n) is 3.91. The summed E-state index contributed by atoms with van der Waals surface area (Å²) in [5, 5.41) is 20.8. The number of hydrogen-bond acceptors (Lipinski definition) is 5. The molecule has 0 radical (unpaired) electrons. The molecule has 3 N–H and O–H groups in total. The molecule has 0 fully saturated rings. The number of aromatic nitrogens is 1. The molecule has 1 unspecified atom stereocenters. The molecule has 0 bridgehead atoms. The van der Waals surface area contributed by atoms with Gasteiger partial charge in [-0.25, -0.2) is 0 Å². The highest BCUT2D eigenvalue weighted by atomic mass is 16.5. The second kappa shape index (κ2) is 7.56. The Kier molecular flexibility index (Phi) is 6.32. The molecule has 1 atom stereocenters. The van der Waals surface area contributed by atoms with Crippen molar-refractivity contribution in [3.63, 3.8) is 0 Å². The molecular weight excluding hydrogens is 277 g/mol. The number of pyridine rings is 1. The van der Waals surface area contributed by atoms with E-state index in [9.17, 15) is 5.11 Å². The Hall–Kier alpha value is -1.66. The van der Waals surface area contributed by atoms with Crippen LogP contribution < -0.4 is 5.32 Å². The lowest BCUT2D eigenvalue weighted by Crippen LogP contribution is -2.48. The molecule has 1 aromatic heterocycles. The van der Waals surface area contributed by atoms with Gasteiger partial charge in [-0.1, -0.05) is 6.07 Å². The van der Waals surface area contributed by atoms with Crippen molar-refractivity contribution < 1.29 is 9.76 Å². The summed E-state index contributed by atoms with van der Waals surface area (Å²) < 4.78 is 5.76. The number of aliphatic hydroxyl groups is 1. The van der Waals surface area contributed by atoms with Gasteiger partial charge in [-0.15, -0.1) is 0 Å². The Balaban J connectivity index is 2.63. The predicted molar refractivity (Wildman–Crippen MR) is 91.3 cm³/mol. The molecule has 0 aromatic carbocycles. The monoisotopic (exact) mass is 303 g/mol. The van der Waals surface area contributed by atoms with Crippen molar-refractivity contribution >= 4 is 13.7 Å². The van der Waals surface area contributed by atoms with Crippen LogP contribution in [-0.4, -0.2) is 35.0 Å². The maximum atomic E-state index is 10.1. The van der Waals surface area contributed by atoms with Gasteiger partial charge in [0.15, 0.2) is 0 Å². The molecule has 0 aliphatic heterocycles. The maximum absolute atomic E-state index is 10.1. The molecule has 0 saturated carbocycles. The molecule has 0 aliphatic carbocycles. The van der Waals surface area contributed by atoms with Gasteiger partial charge in [-0.05, 0) is 58.4 Å². The van der Waals surface area contributed by atoms with Crippen molar-refractivity contribution in [1.29, 1.82) is 5.41 Å². The van der Waals surface area contributed by atoms with Crippen molar-refractivity contribution in [2.24, 2.45) is 0 Å². The fraction of sp³-hybridized carbons (Fsp3) is 0.500. The molecule has 5 nitrogen and oxygen atoms in total. The van der Waals surface area contributed by atoms with Gasteiger partial charge in [-0.2, -0.15) is 0 Å². The van der Waals surface area contributed by atoms with Gasteiger partial charge in [-0.3, -0.25) is 4.98 Å². The first kappa shape index (κ1) is 18.4. The van der Waals surface area contributed by atoms with Crippen LogP contribution in [-0.2, 0) is 4.65 Å². The summed E-state index contributed by atoms with van der Waals surface area (Å²) in [6.45, 7) is 9.09. The lowest BCUT2D eigenvalue weighted by Gasteiger charge is -2.37. The smallest absolute Gasteiger partial charge is 0.312 e. The molecule has 1 aromatic rings. The molecule has 0 aliphatic rings. The minimum atomic E-state index is -0.963. The fourth-order valence-corrected chi connectivity index (χ4v) is 1.51. The van der Waals surface area contributed by atoms with Gasteiger partial charge in [0.2, 0.25) is 0 Å². The van der Waals surface area contributed by atoms with E-state index >= 15 is 0 Å². The minimum Gasteiger partial charge on any atom is -0.427 e. The molecule has 22 heavy (non-hydrogen) atoms. The minimum absolute atomic E-state index is 0.0402. The molecule has 0 spiro atoms. The standard InChI is InChI=1S/C16H26BN3O2/c1-12(14-8-6-7-9-19-14)20-11-13(10-18)17-22-16(4,5)15(2,3)21/h6-12,17-18,20-21H,1-5H3/b13-11+,18-10?. The van der Waals surface area contributed by atoms with Crippen LogP contribution in [0.5, 0.6) is 0 Å². The Morgan fingerprint density at radius 2 is 2.09 bits per heavy atom. The van der Waals surface area contributed by atoms with Crippen molar-refractivity contribution in [2.45, 2.75) is 51.9 Å². The Morgan fingerprint density at radius 3 is 2.59 bits per heavy atom. The predicted octanol–water partition coefficient (Wildman–Crippen LogP) is 2.14. The largest absolute Gasteiger partial charge is 0.427 e. The molecule has 1 rings (SSSR count). The van der Waals surface area contributed by atoms with Crippen molar-refractivity contribution in [1.82, 2.24) is 10.3 Å². The Morgan fingerprint density at radius 1 is 1.41 bits per heavy atom. The zero-order valence-corrected chi connectivity index (χ0v) is 14.1. The molecule has 6 heteroatoms. The Labute approximate surface area is 133 Å². The zero-order chi connectivity index (χ0) is 16.8. The molecule has 0 saturated heterocycles. The van der Waals surface area contributed by atoms with Crippen LogP contribution in [0.3, 0.4) is 0 Å². The van der Waals surface area contributed by atoms with E-state index < -0.39 is 11.2 Å². The van der Waals surface area contributed by atoms with E-state index in [1.165, 1.54) is 6.21 Å². The first-order chi connectivity index (χ1) is 10.2. The number of rotatable bonds is 8. The third-order valence-corrected chi connectivity index (χ3v) is 3.91. The third kappa shape index (κ3) is 5.28. The first-order valence-electron chi connectivity index (χ1n) is 7.40. The molecule has 0 amide bonds. The van der Waals surface area contributed by atoms with E-state index in [4.69, 9.17) is 10.1 Å². The van der Waals surface area contributed by atoms with Crippen LogP contribution in [0.15, 0.2) is 36.1 Å². The van der Waals surface area contributed by atoms with Crippen molar-refractivity contribution in [2.75, 3.05) is 0 Å². The highest BCUT2D eigenvalue weighted by Crippen LogP contribution is 2.24. The van der Waals surface area contributed by atoms with Crippen LogP contribution >= 0.6 is 0 Å². The molecule has 120 valence electrons. The van der Waals surface area contributed by atoms with Gasteiger partial charge in [0, 0.05) is 12.4 Å². The van der Waals surface area contributed by atoms with E-state index in [1.807, 2.05) is 39.0 Å². The number of nitrogens with zero attached hydrogens (tertiary/aromatic N) is 1. The van der Waals surface area contributed by atoms with Gasteiger partial charge in [0.05, 0.1) is 22.9 Å². The summed E-state index contributed by atoms with van der Waals surface area (Å²) in [5.74, 6) is 0. The van der Waals surface area contributed by atoms with Crippen molar-refractivity contribution in [3.8, 4) is 0 Å². The quantitative estimate of drug-likeness (QED) is 0.508. The van der Waals surface area contributed by atoms with Gasteiger partial charge in [0.1, 0.15) is 0 Å². The van der Waals surface area contributed by atoms with Gasteiger partial charge >= 0.3 is 7.48 Å². The second-order valence-electron chi connectivity index (χ2n) is 6.36. The van der Waals surface area contributed by atoms with E-state index in [-0.39, 0.29) is 13.5 Å². The fourth-order valence-electron chi connectivity index (χ4n) is 1.51. The lowest BCUT2D eigenvalue weighted by atomic mass is 9.83. The number of hydrogen-bond donors (Lipinski definition) is 3. The second-order valence-corrected chi connectivity index (χ2v) is 6.36. The van der Waals surface area contributed by atoms with E-state index in [2.05, 4.69) is 10.3 Å². The van der Waals surface area contributed by atoms with E-state index in [0.29, 0.717) is 5.47 Å². The van der Waals surface area contributed by atoms with E-state index in [1.54, 1.807) is 26.2 Å². The van der Waals surface area contributed by atoms with E-state index in [0.717, 1.165) is 5.69 Å². The van der Waals surface area contributed by atoms with Crippen LogP contribution in [0.25, 0.3) is 0 Å². The summed E-state index contributed by atoms with van der Waals surface area (Å²) >= 11 is 0. The van der Waals surface area contributed by atoms with Crippen LogP contribution in [0.2, 0.25) is 0 Å². The SMILES string of the molecule is CC(N/C=C(/BOC(C)(C)C(C)(C)O)C=N)c1ccccn1. The average molecular weight is 303 g/mol. The summed E-state index contributed by atoms with van der Waals surface area (Å²) in [6.07, 6.45) is 4.76. The highest BCUT2D eigenvalue weighted by Gasteiger charge is 2.35. The summed E-state index contributed by atoms with van der Waals surface area (Å²) in [5.41, 5.74) is -0.0443. The Bertz CT molecular complexity index is 510. The topological polar surface area (TPSA) is 78.2 Å². The van der Waals surface area contributed by atoms with Crippen LogP contribution in [0.1, 0.15) is 46.4 Å². The summed E-state index contributed by atoms with van der Waals surface area (Å²) in [7, 11) is 0.252. The molecule has 1 heterocycles. The summed E-state index contributed by atoms with van der Waals surface area (Å²) in [6, 6.07) is 5.81. The zero-order valence-electron chi connectivity index (χ0n) is 14.1. The lowest BCUT2D eigenvalue weighted by molar-refractivity contribution is -0.0895. The highest BCUT2D eigenvalue weighted by molar-refractivity contribution is 6.45. The number of allylic oxidation sites excluding steroid dienone is 1. The number of nitrogens with one attached hydrogen (secondary N) is 2. The van der Waals surface area contributed by atoms with Crippen LogP contribution in [0.4, 0.5) is 0 Å².